The van der Waals surface area contributed by atoms with Gasteiger partial charge in [0.25, 0.3) is 10.0 Å². The van der Waals surface area contributed by atoms with E-state index < -0.39 is 10.0 Å². The lowest BCUT2D eigenvalue weighted by Gasteiger charge is -2.02. The van der Waals surface area contributed by atoms with Crippen LogP contribution in [0.5, 0.6) is 0 Å². The van der Waals surface area contributed by atoms with Crippen molar-refractivity contribution in [3.8, 4) is 0 Å². The van der Waals surface area contributed by atoms with Gasteiger partial charge in [-0.3, -0.25) is 4.72 Å². The van der Waals surface area contributed by atoms with Crippen LogP contribution in [-0.4, -0.2) is 27.0 Å². The van der Waals surface area contributed by atoms with Crippen molar-refractivity contribution >= 4 is 37.8 Å². The van der Waals surface area contributed by atoms with Crippen molar-refractivity contribution < 1.29 is 8.42 Å². The number of anilines is 1. The number of fused-ring (bicyclic) bond motifs is 1. The summed E-state index contributed by atoms with van der Waals surface area (Å²) in [4.78, 5) is 6.66. The summed E-state index contributed by atoms with van der Waals surface area (Å²) in [5.41, 5.74) is 1.05. The number of sulfonamides is 1. The predicted molar refractivity (Wildman–Crippen MR) is 86.9 cm³/mol. The van der Waals surface area contributed by atoms with Gasteiger partial charge >= 0.3 is 0 Å². The van der Waals surface area contributed by atoms with Crippen LogP contribution in [-0.2, 0) is 29.3 Å². The molecule has 3 rings (SSSR count). The van der Waals surface area contributed by atoms with Crippen molar-refractivity contribution in [1.29, 1.82) is 0 Å². The molecule has 0 unspecified atom stereocenters. The maximum Gasteiger partial charge on any atom is 0.273 e. The summed E-state index contributed by atoms with van der Waals surface area (Å²) in [6.45, 7) is 0.840. The van der Waals surface area contributed by atoms with E-state index in [1.807, 2.05) is 13.1 Å². The van der Waals surface area contributed by atoms with Gasteiger partial charge in [-0.1, -0.05) is 0 Å². The zero-order valence-corrected chi connectivity index (χ0v) is 14.1. The first kappa shape index (κ1) is 15.0. The average molecular weight is 343 g/mol. The van der Waals surface area contributed by atoms with Gasteiger partial charge in [0.1, 0.15) is 4.21 Å². The standard InChI is InChI=1S/C13H17N3O2S3/c1-14-8-7-9-5-6-12(19-9)21(17,18)16-13-15-10-3-2-4-11(10)20-13/h5-6,14H,2-4,7-8H2,1H3,(H,15,16). The summed E-state index contributed by atoms with van der Waals surface area (Å²) < 4.78 is 27.7. The van der Waals surface area contributed by atoms with Gasteiger partial charge in [0.15, 0.2) is 5.13 Å². The third-order valence-corrected chi connectivity index (χ3v) is 7.52. The minimum atomic E-state index is -3.51. The second-order valence-corrected chi connectivity index (χ2v) is 9.08. The first-order chi connectivity index (χ1) is 10.1. The molecule has 0 saturated heterocycles. The van der Waals surface area contributed by atoms with E-state index in [9.17, 15) is 8.42 Å². The monoisotopic (exact) mass is 343 g/mol. The second-order valence-electron chi connectivity index (χ2n) is 4.92. The lowest BCUT2D eigenvalue weighted by atomic mass is 10.3. The summed E-state index contributed by atoms with van der Waals surface area (Å²) in [7, 11) is -1.63. The Morgan fingerprint density at radius 2 is 2.14 bits per heavy atom. The molecular formula is C13H17N3O2S3. The van der Waals surface area contributed by atoms with E-state index in [1.54, 1.807) is 6.07 Å². The predicted octanol–water partition coefficient (Wildman–Crippen LogP) is 2.26. The summed E-state index contributed by atoms with van der Waals surface area (Å²) in [5, 5.41) is 3.55. The van der Waals surface area contributed by atoms with Crippen LogP contribution < -0.4 is 10.0 Å². The maximum atomic E-state index is 12.4. The lowest BCUT2D eigenvalue weighted by molar-refractivity contribution is 0.603. The third kappa shape index (κ3) is 3.28. The molecule has 0 aromatic carbocycles. The highest BCUT2D eigenvalue weighted by atomic mass is 32.2. The zero-order valence-electron chi connectivity index (χ0n) is 11.7. The molecule has 0 spiro atoms. The van der Waals surface area contributed by atoms with Gasteiger partial charge in [0, 0.05) is 9.75 Å². The smallest absolute Gasteiger partial charge is 0.273 e. The Balaban J connectivity index is 1.75. The number of thiophene rings is 1. The SMILES string of the molecule is CNCCc1ccc(S(=O)(=O)Nc2nc3c(s2)CCC3)s1. The Morgan fingerprint density at radius 1 is 1.29 bits per heavy atom. The number of aryl methyl sites for hydroxylation is 2. The van der Waals surface area contributed by atoms with Crippen LogP contribution >= 0.6 is 22.7 Å². The normalized spacial score (nSPS) is 14.3. The molecule has 2 aromatic heterocycles. The Kier molecular flexibility index (Phi) is 4.30. The first-order valence-electron chi connectivity index (χ1n) is 6.83. The Bertz CT molecular complexity index is 712. The number of hydrogen-bond acceptors (Lipinski definition) is 6. The quantitative estimate of drug-likeness (QED) is 0.844. The van der Waals surface area contributed by atoms with E-state index in [0.717, 1.165) is 42.8 Å². The molecule has 0 fully saturated rings. The Labute approximate surface area is 132 Å². The van der Waals surface area contributed by atoms with Crippen LogP contribution in [0, 0.1) is 0 Å². The van der Waals surface area contributed by atoms with Crippen LogP contribution in [0.3, 0.4) is 0 Å². The van der Waals surface area contributed by atoms with Crippen LogP contribution in [0.2, 0.25) is 0 Å². The van der Waals surface area contributed by atoms with Gasteiger partial charge in [-0.25, -0.2) is 13.4 Å². The molecule has 1 aliphatic carbocycles. The number of rotatable bonds is 6. The summed E-state index contributed by atoms with van der Waals surface area (Å²) in [6, 6.07) is 3.54. The fraction of sp³-hybridized carbons (Fsp3) is 0.462. The molecule has 21 heavy (non-hydrogen) atoms. The molecule has 0 saturated carbocycles. The Hall–Kier alpha value is -0.960. The molecule has 0 aliphatic heterocycles. The molecule has 0 atom stereocenters. The minimum Gasteiger partial charge on any atom is -0.319 e. The van der Waals surface area contributed by atoms with Crippen molar-refractivity contribution in [2.24, 2.45) is 0 Å². The summed E-state index contributed by atoms with van der Waals surface area (Å²) >= 11 is 2.77. The van der Waals surface area contributed by atoms with Crippen LogP contribution in [0.4, 0.5) is 5.13 Å². The number of thiazole rings is 1. The molecule has 0 radical (unpaired) electrons. The first-order valence-corrected chi connectivity index (χ1v) is 9.95. The van der Waals surface area contributed by atoms with Gasteiger partial charge in [-0.05, 0) is 51.4 Å². The molecule has 2 N–H and O–H groups in total. The van der Waals surface area contributed by atoms with Crippen molar-refractivity contribution in [3.05, 3.63) is 27.6 Å². The van der Waals surface area contributed by atoms with Crippen molar-refractivity contribution in [1.82, 2.24) is 10.3 Å². The van der Waals surface area contributed by atoms with Crippen LogP contribution in [0.15, 0.2) is 16.3 Å². The van der Waals surface area contributed by atoms with Crippen LogP contribution in [0.1, 0.15) is 21.9 Å². The van der Waals surface area contributed by atoms with E-state index in [-0.39, 0.29) is 0 Å². The van der Waals surface area contributed by atoms with Gasteiger partial charge in [0.2, 0.25) is 0 Å². The molecule has 2 heterocycles. The van der Waals surface area contributed by atoms with Gasteiger partial charge < -0.3 is 5.32 Å². The van der Waals surface area contributed by atoms with Gasteiger partial charge in [0.05, 0.1) is 5.69 Å². The van der Waals surface area contributed by atoms with E-state index >= 15 is 0 Å². The fourth-order valence-electron chi connectivity index (χ4n) is 2.28. The van der Waals surface area contributed by atoms with Crippen LogP contribution in [0.25, 0.3) is 0 Å². The molecule has 2 aromatic rings. The summed E-state index contributed by atoms with van der Waals surface area (Å²) in [6.07, 6.45) is 3.94. The largest absolute Gasteiger partial charge is 0.319 e. The highest BCUT2D eigenvalue weighted by Crippen LogP contribution is 2.32. The highest BCUT2D eigenvalue weighted by molar-refractivity contribution is 7.94. The lowest BCUT2D eigenvalue weighted by Crippen LogP contribution is -2.11. The molecule has 5 nitrogen and oxygen atoms in total. The van der Waals surface area contributed by atoms with Crippen molar-refractivity contribution in [2.75, 3.05) is 18.3 Å². The molecule has 0 bridgehead atoms. The molecular weight excluding hydrogens is 326 g/mol. The van der Waals surface area contributed by atoms with E-state index in [0.29, 0.717) is 9.34 Å². The topological polar surface area (TPSA) is 71.1 Å². The van der Waals surface area contributed by atoms with Gasteiger partial charge in [-0.15, -0.1) is 22.7 Å². The molecule has 114 valence electrons. The maximum absolute atomic E-state index is 12.4. The molecule has 0 amide bonds. The van der Waals surface area contributed by atoms with Crippen molar-refractivity contribution in [3.63, 3.8) is 0 Å². The fourth-order valence-corrected chi connectivity index (χ4v) is 5.92. The summed E-state index contributed by atoms with van der Waals surface area (Å²) in [5.74, 6) is 0. The van der Waals surface area contributed by atoms with E-state index in [4.69, 9.17) is 0 Å². The number of hydrogen-bond donors (Lipinski definition) is 2. The van der Waals surface area contributed by atoms with Gasteiger partial charge in [-0.2, -0.15) is 0 Å². The molecule has 8 heteroatoms. The zero-order chi connectivity index (χ0) is 14.9. The van der Waals surface area contributed by atoms with E-state index in [2.05, 4.69) is 15.0 Å². The van der Waals surface area contributed by atoms with Crippen molar-refractivity contribution in [2.45, 2.75) is 29.9 Å². The highest BCUT2D eigenvalue weighted by Gasteiger charge is 2.22. The molecule has 1 aliphatic rings. The Morgan fingerprint density at radius 3 is 2.90 bits per heavy atom. The number of nitrogens with zero attached hydrogens (tertiary/aromatic N) is 1. The second kappa shape index (κ2) is 6.04. The number of nitrogens with one attached hydrogen (secondary N) is 2. The third-order valence-electron chi connectivity index (χ3n) is 3.34. The minimum absolute atomic E-state index is 0.351. The number of likely N-dealkylation sites (N-methyl/N-ethyl adjacent to an activating group) is 1. The van der Waals surface area contributed by atoms with E-state index in [1.165, 1.54) is 27.6 Å². The number of aromatic nitrogens is 1. The average Bonchev–Trinajstić information content (AvgIpc) is 3.10.